The Morgan fingerprint density at radius 2 is 2.00 bits per heavy atom. The minimum atomic E-state index is -0.962. The first-order valence-corrected chi connectivity index (χ1v) is 6.45. The van der Waals surface area contributed by atoms with Crippen molar-refractivity contribution in [3.05, 3.63) is 0 Å². The summed E-state index contributed by atoms with van der Waals surface area (Å²) in [6, 6.07) is -0.0863. The lowest BCUT2D eigenvalue weighted by molar-refractivity contribution is -0.137. The van der Waals surface area contributed by atoms with E-state index in [2.05, 4.69) is 0 Å². The SMILES string of the molecule is CCOCCN(CC)C(=O)N(CC(=O)O)C1CC1. The third-order valence-electron chi connectivity index (χ3n) is 2.90. The maximum atomic E-state index is 12.2. The van der Waals surface area contributed by atoms with Crippen LogP contribution in [-0.2, 0) is 9.53 Å². The summed E-state index contributed by atoms with van der Waals surface area (Å²) in [5.74, 6) is -0.962. The second kappa shape index (κ2) is 7.20. The van der Waals surface area contributed by atoms with Crippen LogP contribution in [0.15, 0.2) is 0 Å². The Morgan fingerprint density at radius 3 is 2.44 bits per heavy atom. The van der Waals surface area contributed by atoms with Crippen LogP contribution in [-0.4, -0.2) is 65.8 Å². The van der Waals surface area contributed by atoms with Crippen molar-refractivity contribution in [3.8, 4) is 0 Å². The fraction of sp³-hybridized carbons (Fsp3) is 0.833. The largest absolute Gasteiger partial charge is 0.480 e. The quantitative estimate of drug-likeness (QED) is 0.660. The van der Waals surface area contributed by atoms with Crippen molar-refractivity contribution in [1.82, 2.24) is 9.80 Å². The molecule has 1 N–H and O–H groups in total. The number of carbonyl (C=O) groups is 2. The van der Waals surface area contributed by atoms with Gasteiger partial charge in [-0.05, 0) is 26.7 Å². The summed E-state index contributed by atoms with van der Waals surface area (Å²) in [5.41, 5.74) is 0. The molecule has 104 valence electrons. The van der Waals surface area contributed by atoms with E-state index in [0.717, 1.165) is 12.8 Å². The number of aliphatic carboxylic acids is 1. The van der Waals surface area contributed by atoms with Gasteiger partial charge in [-0.3, -0.25) is 4.79 Å². The predicted octanol–water partition coefficient (Wildman–Crippen LogP) is 1.01. The minimum absolute atomic E-state index is 0.106. The van der Waals surface area contributed by atoms with Crippen LogP contribution in [0.4, 0.5) is 4.79 Å². The molecule has 0 aromatic rings. The molecular weight excluding hydrogens is 236 g/mol. The molecule has 0 aromatic heterocycles. The number of hydrogen-bond acceptors (Lipinski definition) is 3. The van der Waals surface area contributed by atoms with Crippen molar-refractivity contribution in [2.24, 2.45) is 0 Å². The Morgan fingerprint density at radius 1 is 1.33 bits per heavy atom. The van der Waals surface area contributed by atoms with Crippen LogP contribution in [0.25, 0.3) is 0 Å². The van der Waals surface area contributed by atoms with Crippen molar-refractivity contribution in [3.63, 3.8) is 0 Å². The van der Waals surface area contributed by atoms with E-state index in [9.17, 15) is 9.59 Å². The number of nitrogens with zero attached hydrogens (tertiary/aromatic N) is 2. The fourth-order valence-electron chi connectivity index (χ4n) is 1.77. The smallest absolute Gasteiger partial charge is 0.323 e. The molecule has 6 nitrogen and oxygen atoms in total. The first kappa shape index (κ1) is 14.8. The zero-order valence-corrected chi connectivity index (χ0v) is 11.1. The van der Waals surface area contributed by atoms with E-state index < -0.39 is 5.97 Å². The molecule has 0 bridgehead atoms. The highest BCUT2D eigenvalue weighted by Crippen LogP contribution is 2.27. The van der Waals surface area contributed by atoms with Crippen molar-refractivity contribution in [2.75, 3.05) is 32.8 Å². The second-order valence-corrected chi connectivity index (χ2v) is 4.31. The lowest BCUT2D eigenvalue weighted by Crippen LogP contribution is -2.47. The highest BCUT2D eigenvalue weighted by atomic mass is 16.5. The summed E-state index contributed by atoms with van der Waals surface area (Å²) < 4.78 is 5.22. The van der Waals surface area contributed by atoms with Crippen LogP contribution in [0.2, 0.25) is 0 Å². The predicted molar refractivity (Wildman–Crippen MR) is 66.5 cm³/mol. The van der Waals surface area contributed by atoms with Crippen molar-refractivity contribution in [2.45, 2.75) is 32.7 Å². The number of urea groups is 1. The van der Waals surface area contributed by atoms with Crippen molar-refractivity contribution >= 4 is 12.0 Å². The highest BCUT2D eigenvalue weighted by molar-refractivity contribution is 5.80. The lowest BCUT2D eigenvalue weighted by Gasteiger charge is -2.29. The Bertz CT molecular complexity index is 292. The van der Waals surface area contributed by atoms with Gasteiger partial charge >= 0.3 is 12.0 Å². The first-order chi connectivity index (χ1) is 8.60. The number of likely N-dealkylation sites (N-methyl/N-ethyl adjacent to an activating group) is 1. The zero-order valence-electron chi connectivity index (χ0n) is 11.1. The maximum Gasteiger partial charge on any atom is 0.323 e. The topological polar surface area (TPSA) is 70.1 Å². The van der Waals surface area contributed by atoms with Crippen LogP contribution in [0.3, 0.4) is 0 Å². The van der Waals surface area contributed by atoms with E-state index >= 15 is 0 Å². The van der Waals surface area contributed by atoms with Gasteiger partial charge in [0.25, 0.3) is 0 Å². The second-order valence-electron chi connectivity index (χ2n) is 4.31. The number of amides is 2. The Hall–Kier alpha value is -1.30. The standard InChI is InChI=1S/C12H22N2O4/c1-3-13(7-8-18-4-2)12(17)14(9-11(15)16)10-5-6-10/h10H,3-9H2,1-2H3,(H,15,16). The molecule has 0 radical (unpaired) electrons. The molecule has 2 amide bonds. The molecule has 0 atom stereocenters. The number of rotatable bonds is 8. The normalized spacial score (nSPS) is 14.3. The van der Waals surface area contributed by atoms with E-state index in [1.54, 1.807) is 4.90 Å². The van der Waals surface area contributed by atoms with Crippen LogP contribution < -0.4 is 0 Å². The average molecular weight is 258 g/mol. The van der Waals surface area contributed by atoms with Crippen LogP contribution >= 0.6 is 0 Å². The Balaban J connectivity index is 2.52. The summed E-state index contributed by atoms with van der Waals surface area (Å²) in [6.45, 7) is 5.75. The van der Waals surface area contributed by atoms with Gasteiger partial charge in [-0.25, -0.2) is 4.79 Å². The molecular formula is C12H22N2O4. The Labute approximate surface area is 107 Å². The van der Waals surface area contributed by atoms with Gasteiger partial charge < -0.3 is 19.6 Å². The van der Waals surface area contributed by atoms with E-state index in [0.29, 0.717) is 26.3 Å². The van der Waals surface area contributed by atoms with Gasteiger partial charge in [0.05, 0.1) is 6.61 Å². The molecule has 0 heterocycles. The summed E-state index contributed by atoms with van der Waals surface area (Å²) in [6.07, 6.45) is 1.81. The molecule has 1 rings (SSSR count). The van der Waals surface area contributed by atoms with Gasteiger partial charge in [0.2, 0.25) is 0 Å². The van der Waals surface area contributed by atoms with Gasteiger partial charge in [0.1, 0.15) is 6.54 Å². The van der Waals surface area contributed by atoms with Crippen LogP contribution in [0.5, 0.6) is 0 Å². The van der Waals surface area contributed by atoms with E-state index in [-0.39, 0.29) is 18.6 Å². The average Bonchev–Trinajstić information content (AvgIpc) is 3.15. The zero-order chi connectivity index (χ0) is 13.5. The lowest BCUT2D eigenvalue weighted by atomic mass is 10.4. The summed E-state index contributed by atoms with van der Waals surface area (Å²) in [4.78, 5) is 26.1. The molecule has 0 aromatic carbocycles. The van der Waals surface area contributed by atoms with E-state index in [1.807, 2.05) is 13.8 Å². The summed E-state index contributed by atoms with van der Waals surface area (Å²) in [5, 5.41) is 8.84. The molecule has 0 unspecified atom stereocenters. The van der Waals surface area contributed by atoms with Gasteiger partial charge in [0.15, 0.2) is 0 Å². The molecule has 0 aliphatic heterocycles. The minimum Gasteiger partial charge on any atom is -0.480 e. The van der Waals surface area contributed by atoms with Crippen molar-refractivity contribution in [1.29, 1.82) is 0 Å². The molecule has 1 fully saturated rings. The van der Waals surface area contributed by atoms with Gasteiger partial charge in [-0.1, -0.05) is 0 Å². The van der Waals surface area contributed by atoms with Crippen LogP contribution in [0.1, 0.15) is 26.7 Å². The van der Waals surface area contributed by atoms with Crippen LogP contribution in [0, 0.1) is 0 Å². The van der Waals surface area contributed by atoms with E-state index in [4.69, 9.17) is 9.84 Å². The fourth-order valence-corrected chi connectivity index (χ4v) is 1.77. The van der Waals surface area contributed by atoms with Gasteiger partial charge in [-0.2, -0.15) is 0 Å². The maximum absolute atomic E-state index is 12.2. The van der Waals surface area contributed by atoms with Gasteiger partial charge in [-0.15, -0.1) is 0 Å². The molecule has 1 saturated carbocycles. The first-order valence-electron chi connectivity index (χ1n) is 6.45. The van der Waals surface area contributed by atoms with E-state index in [1.165, 1.54) is 4.90 Å². The molecule has 0 spiro atoms. The summed E-state index contributed by atoms with van der Waals surface area (Å²) >= 11 is 0. The molecule has 0 saturated heterocycles. The Kier molecular flexibility index (Phi) is 5.91. The molecule has 6 heteroatoms. The molecule has 1 aliphatic rings. The number of ether oxygens (including phenoxy) is 1. The third-order valence-corrected chi connectivity index (χ3v) is 2.90. The highest BCUT2D eigenvalue weighted by Gasteiger charge is 2.35. The monoisotopic (exact) mass is 258 g/mol. The van der Waals surface area contributed by atoms with Crippen molar-refractivity contribution < 1.29 is 19.4 Å². The number of hydrogen-bond donors (Lipinski definition) is 1. The number of carboxylic acid groups (broad SMARTS) is 1. The molecule has 18 heavy (non-hydrogen) atoms. The number of carboxylic acids is 1. The summed E-state index contributed by atoms with van der Waals surface area (Å²) in [7, 11) is 0. The van der Waals surface area contributed by atoms with Gasteiger partial charge in [0, 0.05) is 25.7 Å². The third kappa shape index (κ3) is 4.52. The molecule has 1 aliphatic carbocycles. The number of carbonyl (C=O) groups excluding carboxylic acids is 1.